The van der Waals surface area contributed by atoms with Gasteiger partial charge < -0.3 is 0 Å². The molecule has 3 rings (SSSR count). The molecular weight excluding hydrogens is 352 g/mol. The average molecular weight is 373 g/mol. The molecule has 26 heavy (non-hydrogen) atoms. The van der Waals surface area contributed by atoms with Crippen LogP contribution in [-0.2, 0) is 17.9 Å². The fourth-order valence-electron chi connectivity index (χ4n) is 2.68. The van der Waals surface area contributed by atoms with Crippen LogP contribution in [-0.4, -0.2) is 30.5 Å². The molecule has 0 unspecified atom stereocenters. The van der Waals surface area contributed by atoms with Gasteiger partial charge in [-0.3, -0.25) is 14.8 Å². The summed E-state index contributed by atoms with van der Waals surface area (Å²) in [6.07, 6.45) is 1.88. The van der Waals surface area contributed by atoms with Crippen molar-refractivity contribution in [2.45, 2.75) is 40.3 Å². The molecule has 0 saturated heterocycles. The van der Waals surface area contributed by atoms with Crippen LogP contribution in [0.2, 0.25) is 5.02 Å². The quantitative estimate of drug-likeness (QED) is 0.721. The Morgan fingerprint density at radius 1 is 1.19 bits per heavy atom. The predicted molar refractivity (Wildman–Crippen MR) is 100 cm³/mol. The number of aromatic nitrogens is 5. The van der Waals surface area contributed by atoms with E-state index in [0.29, 0.717) is 24.1 Å². The van der Waals surface area contributed by atoms with Gasteiger partial charge in [0, 0.05) is 6.42 Å². The molecule has 0 aliphatic rings. The smallest absolute Gasteiger partial charge is 0.248 e. The second-order valence-electron chi connectivity index (χ2n) is 6.20. The third kappa shape index (κ3) is 4.11. The topological polar surface area (TPSA) is 77.6 Å². The minimum atomic E-state index is -0.165. The van der Waals surface area contributed by atoms with Gasteiger partial charge >= 0.3 is 0 Å². The van der Waals surface area contributed by atoms with Crippen LogP contribution in [0.4, 0.5) is 5.95 Å². The largest absolute Gasteiger partial charge is 0.293 e. The molecular formula is C18H21ClN6O. The molecule has 1 N–H and O–H groups in total. The molecule has 0 atom stereocenters. The van der Waals surface area contributed by atoms with Crippen molar-refractivity contribution in [3.05, 3.63) is 58.1 Å². The van der Waals surface area contributed by atoms with Gasteiger partial charge in [-0.1, -0.05) is 35.9 Å². The lowest BCUT2D eigenvalue weighted by atomic mass is 10.1. The summed E-state index contributed by atoms with van der Waals surface area (Å²) in [5, 5.41) is 12.0. The van der Waals surface area contributed by atoms with E-state index < -0.39 is 0 Å². The predicted octanol–water partition coefficient (Wildman–Crippen LogP) is 3.13. The van der Waals surface area contributed by atoms with E-state index in [9.17, 15) is 4.79 Å². The third-order valence-electron chi connectivity index (χ3n) is 4.23. The molecule has 3 aromatic rings. The number of hydrogen-bond acceptors (Lipinski definition) is 4. The number of amides is 1. The van der Waals surface area contributed by atoms with Crippen molar-refractivity contribution in [2.75, 3.05) is 5.32 Å². The molecule has 2 heterocycles. The zero-order valence-electron chi connectivity index (χ0n) is 15.0. The highest BCUT2D eigenvalue weighted by molar-refractivity contribution is 6.31. The van der Waals surface area contributed by atoms with E-state index >= 15 is 0 Å². The summed E-state index contributed by atoms with van der Waals surface area (Å²) in [5.74, 6) is 0.136. The Bertz CT molecular complexity index is 930. The minimum absolute atomic E-state index is 0.165. The molecule has 1 aromatic carbocycles. The third-order valence-corrected chi connectivity index (χ3v) is 4.77. The van der Waals surface area contributed by atoms with E-state index in [1.165, 1.54) is 5.56 Å². The van der Waals surface area contributed by atoms with Crippen LogP contribution in [0.1, 0.15) is 28.9 Å². The number of nitrogens with zero attached hydrogens (tertiary/aromatic N) is 5. The zero-order chi connectivity index (χ0) is 18.7. The van der Waals surface area contributed by atoms with Crippen molar-refractivity contribution in [3.8, 4) is 0 Å². The molecule has 8 heteroatoms. The summed E-state index contributed by atoms with van der Waals surface area (Å²) < 4.78 is 3.44. The van der Waals surface area contributed by atoms with E-state index in [2.05, 4.69) is 39.6 Å². The van der Waals surface area contributed by atoms with Gasteiger partial charge in [0.1, 0.15) is 6.33 Å². The number of hydrogen-bond donors (Lipinski definition) is 1. The van der Waals surface area contributed by atoms with Gasteiger partial charge in [-0.05, 0) is 31.9 Å². The van der Waals surface area contributed by atoms with Crippen LogP contribution in [0.25, 0.3) is 0 Å². The Balaban J connectivity index is 1.56. The van der Waals surface area contributed by atoms with Crippen LogP contribution in [0, 0.1) is 20.8 Å². The highest BCUT2D eigenvalue weighted by atomic mass is 35.5. The van der Waals surface area contributed by atoms with Gasteiger partial charge in [-0.15, -0.1) is 5.10 Å². The standard InChI is InChI=1S/C18H21ClN6O/c1-12-6-4-5-7-15(12)10-24-11-20-18(23-24)21-16(26)8-9-25-14(3)17(19)13(2)22-25/h4-7,11H,8-10H2,1-3H3,(H,21,23,26). The first-order valence-corrected chi connectivity index (χ1v) is 8.75. The maximum atomic E-state index is 12.1. The molecule has 0 radical (unpaired) electrons. The number of aryl methyl sites for hydroxylation is 3. The average Bonchev–Trinajstić information content (AvgIpc) is 3.15. The van der Waals surface area contributed by atoms with Crippen LogP contribution in [0.3, 0.4) is 0 Å². The Morgan fingerprint density at radius 3 is 2.65 bits per heavy atom. The van der Waals surface area contributed by atoms with Crippen molar-refractivity contribution in [1.82, 2.24) is 24.5 Å². The number of carbonyl (C=O) groups excluding carboxylic acids is 1. The summed E-state index contributed by atoms with van der Waals surface area (Å²) in [4.78, 5) is 16.3. The molecule has 0 fully saturated rings. The number of nitrogens with one attached hydrogen (secondary N) is 1. The summed E-state index contributed by atoms with van der Waals surface area (Å²) in [6, 6.07) is 8.10. The number of benzene rings is 1. The van der Waals surface area contributed by atoms with Crippen molar-refractivity contribution >= 4 is 23.5 Å². The van der Waals surface area contributed by atoms with Crippen LogP contribution in [0.15, 0.2) is 30.6 Å². The number of carbonyl (C=O) groups is 1. The Morgan fingerprint density at radius 2 is 1.96 bits per heavy atom. The molecule has 2 aromatic heterocycles. The first-order valence-electron chi connectivity index (χ1n) is 8.37. The zero-order valence-corrected chi connectivity index (χ0v) is 15.8. The highest BCUT2D eigenvalue weighted by Crippen LogP contribution is 2.19. The normalized spacial score (nSPS) is 10.9. The lowest BCUT2D eigenvalue weighted by molar-refractivity contribution is -0.116. The van der Waals surface area contributed by atoms with Crippen molar-refractivity contribution in [3.63, 3.8) is 0 Å². The second-order valence-corrected chi connectivity index (χ2v) is 6.58. The fraction of sp³-hybridized carbons (Fsp3) is 0.333. The van der Waals surface area contributed by atoms with Gasteiger partial charge in [0.15, 0.2) is 0 Å². The second kappa shape index (κ2) is 7.70. The monoisotopic (exact) mass is 372 g/mol. The van der Waals surface area contributed by atoms with Crippen LogP contribution in [0.5, 0.6) is 0 Å². The van der Waals surface area contributed by atoms with Crippen LogP contribution >= 0.6 is 11.6 Å². The highest BCUT2D eigenvalue weighted by Gasteiger charge is 2.12. The molecule has 1 amide bonds. The summed E-state index contributed by atoms with van der Waals surface area (Å²) in [5.41, 5.74) is 3.98. The van der Waals surface area contributed by atoms with Gasteiger partial charge in [0.25, 0.3) is 0 Å². The number of anilines is 1. The number of rotatable bonds is 6. The Kier molecular flexibility index (Phi) is 5.37. The summed E-state index contributed by atoms with van der Waals surface area (Å²) >= 11 is 6.12. The SMILES string of the molecule is Cc1ccccc1Cn1cnc(NC(=O)CCn2nc(C)c(Cl)c2C)n1. The van der Waals surface area contributed by atoms with Crippen molar-refractivity contribution < 1.29 is 4.79 Å². The van der Waals surface area contributed by atoms with E-state index in [-0.39, 0.29) is 12.3 Å². The van der Waals surface area contributed by atoms with Crippen molar-refractivity contribution in [2.24, 2.45) is 0 Å². The Hall–Kier alpha value is -2.67. The summed E-state index contributed by atoms with van der Waals surface area (Å²) in [6.45, 7) is 6.85. The molecule has 0 spiro atoms. The van der Waals surface area contributed by atoms with E-state index in [1.807, 2.05) is 26.0 Å². The van der Waals surface area contributed by atoms with Gasteiger partial charge in [0.05, 0.1) is 29.5 Å². The summed E-state index contributed by atoms with van der Waals surface area (Å²) in [7, 11) is 0. The lowest BCUT2D eigenvalue weighted by Gasteiger charge is -2.05. The molecule has 7 nitrogen and oxygen atoms in total. The molecule has 136 valence electrons. The molecule has 0 saturated carbocycles. The first-order chi connectivity index (χ1) is 12.4. The van der Waals surface area contributed by atoms with Crippen molar-refractivity contribution in [1.29, 1.82) is 0 Å². The van der Waals surface area contributed by atoms with E-state index in [1.54, 1.807) is 15.7 Å². The van der Waals surface area contributed by atoms with E-state index in [0.717, 1.165) is 17.0 Å². The van der Waals surface area contributed by atoms with Gasteiger partial charge in [0.2, 0.25) is 11.9 Å². The number of halogens is 1. The fourth-order valence-corrected chi connectivity index (χ4v) is 2.81. The van der Waals surface area contributed by atoms with E-state index in [4.69, 9.17) is 11.6 Å². The molecule has 0 aliphatic carbocycles. The minimum Gasteiger partial charge on any atom is -0.293 e. The molecule has 0 aliphatic heterocycles. The maximum absolute atomic E-state index is 12.1. The Labute approximate surface area is 157 Å². The molecule has 0 bridgehead atoms. The van der Waals surface area contributed by atoms with Gasteiger partial charge in [-0.25, -0.2) is 9.67 Å². The first kappa shape index (κ1) is 18.1. The maximum Gasteiger partial charge on any atom is 0.248 e. The van der Waals surface area contributed by atoms with Gasteiger partial charge in [-0.2, -0.15) is 5.10 Å². The lowest BCUT2D eigenvalue weighted by Crippen LogP contribution is -2.16. The van der Waals surface area contributed by atoms with Crippen LogP contribution < -0.4 is 5.32 Å².